The van der Waals surface area contributed by atoms with Gasteiger partial charge in [0.15, 0.2) is 5.13 Å². The van der Waals surface area contributed by atoms with Gasteiger partial charge < -0.3 is 9.73 Å². The fourth-order valence-corrected chi connectivity index (χ4v) is 3.15. The van der Waals surface area contributed by atoms with Crippen LogP contribution in [0.4, 0.5) is 10.3 Å². The number of amides is 1. The van der Waals surface area contributed by atoms with Crippen molar-refractivity contribution in [1.29, 1.82) is 0 Å². The van der Waals surface area contributed by atoms with Crippen molar-refractivity contribution in [2.45, 2.75) is 26.3 Å². The van der Waals surface area contributed by atoms with Crippen molar-refractivity contribution < 1.29 is 9.21 Å². The molecule has 3 heterocycles. The smallest absolute Gasteiger partial charge is 0.277 e. The predicted molar refractivity (Wildman–Crippen MR) is 90.1 cm³/mol. The Labute approximate surface area is 140 Å². The molecule has 0 bridgehead atoms. The number of hydrogen-bond donors (Lipinski definition) is 2. The molecule has 3 rings (SSSR count). The van der Waals surface area contributed by atoms with Crippen LogP contribution in [0.1, 0.15) is 41.0 Å². The van der Waals surface area contributed by atoms with Crippen molar-refractivity contribution >= 4 is 38.8 Å². The van der Waals surface area contributed by atoms with Crippen molar-refractivity contribution in [3.63, 3.8) is 0 Å². The van der Waals surface area contributed by atoms with E-state index in [0.29, 0.717) is 22.5 Å². The Morgan fingerprint density at radius 2 is 2.22 bits per heavy atom. The van der Waals surface area contributed by atoms with E-state index in [-0.39, 0.29) is 11.8 Å². The lowest BCUT2D eigenvalue weighted by Crippen LogP contribution is -2.12. The molecule has 120 valence electrons. The molecule has 3 aromatic rings. The second kappa shape index (κ2) is 6.88. The third kappa shape index (κ3) is 3.93. The van der Waals surface area contributed by atoms with Crippen LogP contribution in [0, 0.1) is 0 Å². The molecule has 23 heavy (non-hydrogen) atoms. The Morgan fingerprint density at radius 3 is 2.91 bits per heavy atom. The van der Waals surface area contributed by atoms with Crippen LogP contribution in [0.15, 0.2) is 28.2 Å². The summed E-state index contributed by atoms with van der Waals surface area (Å²) in [7, 11) is 0. The lowest BCUT2D eigenvalue weighted by atomic mass is 10.2. The molecule has 7 nitrogen and oxygen atoms in total. The minimum atomic E-state index is -0.293. The Kier molecular flexibility index (Phi) is 4.68. The number of thiazole rings is 1. The number of carbonyl (C=O) groups excluding carboxylic acids is 1. The molecule has 0 radical (unpaired) electrons. The molecule has 0 atom stereocenters. The number of anilines is 2. The van der Waals surface area contributed by atoms with Gasteiger partial charge in [-0.25, -0.2) is 4.98 Å². The highest BCUT2D eigenvalue weighted by atomic mass is 32.1. The van der Waals surface area contributed by atoms with Crippen LogP contribution in [0.3, 0.4) is 0 Å². The first-order valence-corrected chi connectivity index (χ1v) is 8.68. The van der Waals surface area contributed by atoms with Gasteiger partial charge in [-0.15, -0.1) is 21.5 Å². The zero-order chi connectivity index (χ0) is 16.2. The van der Waals surface area contributed by atoms with E-state index >= 15 is 0 Å². The van der Waals surface area contributed by atoms with Crippen molar-refractivity contribution in [2.24, 2.45) is 0 Å². The third-order valence-corrected chi connectivity index (χ3v) is 4.83. The van der Waals surface area contributed by atoms with Gasteiger partial charge in [-0.2, -0.15) is 0 Å². The quantitative estimate of drug-likeness (QED) is 0.706. The van der Waals surface area contributed by atoms with Crippen LogP contribution in [0.2, 0.25) is 0 Å². The number of hydrogen-bond acceptors (Lipinski definition) is 8. The highest BCUT2D eigenvalue weighted by Crippen LogP contribution is 2.23. The summed E-state index contributed by atoms with van der Waals surface area (Å²) in [6, 6.07) is 3.70. The van der Waals surface area contributed by atoms with Gasteiger partial charge >= 0.3 is 0 Å². The van der Waals surface area contributed by atoms with Gasteiger partial charge in [0.2, 0.25) is 5.13 Å². The maximum absolute atomic E-state index is 12.2. The molecular formula is C14H15N5O2S2. The average Bonchev–Trinajstić information content (AvgIpc) is 3.26. The molecule has 3 aromatic heterocycles. The van der Waals surface area contributed by atoms with Crippen LogP contribution in [-0.4, -0.2) is 21.1 Å². The first kappa shape index (κ1) is 15.6. The number of rotatable bonds is 6. The van der Waals surface area contributed by atoms with Crippen molar-refractivity contribution in [1.82, 2.24) is 15.2 Å². The van der Waals surface area contributed by atoms with E-state index in [1.807, 2.05) is 26.0 Å². The summed E-state index contributed by atoms with van der Waals surface area (Å²) in [5, 5.41) is 17.6. The topological polar surface area (TPSA) is 92.9 Å². The molecule has 0 saturated carbocycles. The van der Waals surface area contributed by atoms with Gasteiger partial charge in [-0.3, -0.25) is 10.1 Å². The highest BCUT2D eigenvalue weighted by Gasteiger charge is 2.14. The highest BCUT2D eigenvalue weighted by molar-refractivity contribution is 7.15. The molecule has 0 aromatic carbocycles. The lowest BCUT2D eigenvalue weighted by Gasteiger charge is -1.99. The monoisotopic (exact) mass is 349 g/mol. The van der Waals surface area contributed by atoms with Gasteiger partial charge in [0.05, 0.1) is 12.8 Å². The van der Waals surface area contributed by atoms with Gasteiger partial charge in [0.1, 0.15) is 16.5 Å². The fourth-order valence-electron chi connectivity index (χ4n) is 1.71. The summed E-state index contributed by atoms with van der Waals surface area (Å²) in [6.07, 6.45) is 1.62. The van der Waals surface area contributed by atoms with Gasteiger partial charge in [0.25, 0.3) is 5.91 Å². The van der Waals surface area contributed by atoms with E-state index in [4.69, 9.17) is 4.42 Å². The van der Waals surface area contributed by atoms with E-state index in [2.05, 4.69) is 25.8 Å². The minimum absolute atomic E-state index is 0.287. The summed E-state index contributed by atoms with van der Waals surface area (Å²) >= 11 is 2.74. The molecule has 0 aliphatic heterocycles. The maximum atomic E-state index is 12.2. The zero-order valence-electron chi connectivity index (χ0n) is 12.6. The van der Waals surface area contributed by atoms with Crippen LogP contribution in [0.25, 0.3) is 0 Å². The molecule has 0 fully saturated rings. The first-order valence-electron chi connectivity index (χ1n) is 6.98. The molecular weight excluding hydrogens is 334 g/mol. The van der Waals surface area contributed by atoms with E-state index < -0.39 is 0 Å². The Morgan fingerprint density at radius 1 is 1.35 bits per heavy atom. The number of nitrogens with zero attached hydrogens (tertiary/aromatic N) is 3. The number of furan rings is 1. The third-order valence-electron chi connectivity index (χ3n) is 2.89. The van der Waals surface area contributed by atoms with Crippen LogP contribution < -0.4 is 10.6 Å². The van der Waals surface area contributed by atoms with Gasteiger partial charge in [0, 0.05) is 11.3 Å². The summed E-state index contributed by atoms with van der Waals surface area (Å²) in [5.74, 6) is 0.801. The molecule has 1 amide bonds. The van der Waals surface area contributed by atoms with Gasteiger partial charge in [-0.1, -0.05) is 25.2 Å². The SMILES string of the molecule is CC(C)c1nnc(NC(=O)c2csc(NCc3ccco3)n2)s1. The Hall–Kier alpha value is -2.26. The molecule has 0 spiro atoms. The van der Waals surface area contributed by atoms with Gasteiger partial charge in [-0.05, 0) is 12.1 Å². The number of carbonyl (C=O) groups is 1. The number of aromatic nitrogens is 3. The largest absolute Gasteiger partial charge is 0.467 e. The Balaban J connectivity index is 1.59. The van der Waals surface area contributed by atoms with Crippen LogP contribution >= 0.6 is 22.7 Å². The molecule has 0 saturated heterocycles. The second-order valence-corrected chi connectivity index (χ2v) is 6.89. The van der Waals surface area contributed by atoms with Crippen LogP contribution in [-0.2, 0) is 6.54 Å². The van der Waals surface area contributed by atoms with E-state index in [1.165, 1.54) is 22.7 Å². The Bertz CT molecular complexity index is 779. The standard InChI is InChI=1S/C14H15N5O2S2/c1-8(2)12-18-19-14(23-12)17-11(20)10-7-22-13(16-10)15-6-9-4-3-5-21-9/h3-5,7-8H,6H2,1-2H3,(H,15,16)(H,17,19,20). The lowest BCUT2D eigenvalue weighted by molar-refractivity contribution is 0.102. The normalized spacial score (nSPS) is 10.9. The van der Waals surface area contributed by atoms with Crippen molar-refractivity contribution in [3.05, 3.63) is 40.2 Å². The molecule has 9 heteroatoms. The van der Waals surface area contributed by atoms with E-state index in [1.54, 1.807) is 11.6 Å². The summed E-state index contributed by atoms with van der Waals surface area (Å²) < 4.78 is 5.23. The minimum Gasteiger partial charge on any atom is -0.467 e. The molecule has 0 unspecified atom stereocenters. The zero-order valence-corrected chi connectivity index (χ0v) is 14.2. The summed E-state index contributed by atoms with van der Waals surface area (Å²) in [4.78, 5) is 16.4. The maximum Gasteiger partial charge on any atom is 0.277 e. The first-order chi connectivity index (χ1) is 11.1. The second-order valence-electron chi connectivity index (χ2n) is 5.03. The summed E-state index contributed by atoms with van der Waals surface area (Å²) in [5.41, 5.74) is 0.346. The number of nitrogens with one attached hydrogen (secondary N) is 2. The average molecular weight is 349 g/mol. The molecule has 0 aliphatic rings. The molecule has 0 aliphatic carbocycles. The van der Waals surface area contributed by atoms with Crippen LogP contribution in [0.5, 0.6) is 0 Å². The fraction of sp³-hybridized carbons (Fsp3) is 0.286. The molecule has 2 N–H and O–H groups in total. The van der Waals surface area contributed by atoms with Crippen molar-refractivity contribution in [2.75, 3.05) is 10.6 Å². The van der Waals surface area contributed by atoms with Crippen molar-refractivity contribution in [3.8, 4) is 0 Å². The van der Waals surface area contributed by atoms with E-state index in [0.717, 1.165) is 10.8 Å². The van der Waals surface area contributed by atoms with E-state index in [9.17, 15) is 4.79 Å². The predicted octanol–water partition coefficient (Wildman–Crippen LogP) is 3.58. The summed E-state index contributed by atoms with van der Waals surface area (Å²) in [6.45, 7) is 4.59.